The predicted molar refractivity (Wildman–Crippen MR) is 90.9 cm³/mol. The highest BCUT2D eigenvalue weighted by Gasteiger charge is 2.55. The van der Waals surface area contributed by atoms with Gasteiger partial charge in [0, 0.05) is 5.41 Å². The van der Waals surface area contributed by atoms with Gasteiger partial charge in [0.2, 0.25) is 0 Å². The second-order valence-corrected chi connectivity index (χ2v) is 7.91. The standard InChI is InChI=1S/C20H30O3/c1-15-6-10-20(14-22)17(12-21)4-3-5-18(20)19(15,2)9-7-16-8-11-23-13-16/h4,8,11,13,15,18,21-22H,3,5-7,9-10,12,14H2,1-2H3/t15-,18-,19+,20-/m0/s1. The van der Waals surface area contributed by atoms with E-state index < -0.39 is 0 Å². The van der Waals surface area contributed by atoms with E-state index in [1.165, 1.54) is 5.56 Å². The molecule has 0 bridgehead atoms. The Kier molecular flexibility index (Phi) is 4.70. The molecule has 1 saturated carbocycles. The highest BCUT2D eigenvalue weighted by atomic mass is 16.3. The first-order chi connectivity index (χ1) is 11.1. The quantitative estimate of drug-likeness (QED) is 0.808. The molecule has 4 atom stereocenters. The van der Waals surface area contributed by atoms with E-state index in [0.717, 1.165) is 44.1 Å². The van der Waals surface area contributed by atoms with Crippen LogP contribution in [0.1, 0.15) is 51.5 Å². The molecule has 2 aliphatic carbocycles. The number of hydrogen-bond acceptors (Lipinski definition) is 3. The normalized spacial score (nSPS) is 37.3. The molecule has 0 amide bonds. The summed E-state index contributed by atoms with van der Waals surface area (Å²) in [5.74, 6) is 1.08. The van der Waals surface area contributed by atoms with Gasteiger partial charge in [-0.2, -0.15) is 0 Å². The Bertz CT molecular complexity index is 547. The molecule has 1 aromatic heterocycles. The highest BCUT2D eigenvalue weighted by molar-refractivity contribution is 5.24. The molecular formula is C20H30O3. The third-order valence-electron chi connectivity index (χ3n) is 7.08. The van der Waals surface area contributed by atoms with Gasteiger partial charge >= 0.3 is 0 Å². The number of hydrogen-bond donors (Lipinski definition) is 2. The number of aliphatic hydroxyl groups excluding tert-OH is 2. The van der Waals surface area contributed by atoms with Gasteiger partial charge in [0.1, 0.15) is 0 Å². The lowest BCUT2D eigenvalue weighted by Crippen LogP contribution is -2.53. The maximum absolute atomic E-state index is 10.3. The number of furan rings is 1. The summed E-state index contributed by atoms with van der Waals surface area (Å²) in [6.45, 7) is 5.03. The van der Waals surface area contributed by atoms with Gasteiger partial charge < -0.3 is 14.6 Å². The van der Waals surface area contributed by atoms with Crippen LogP contribution in [0.2, 0.25) is 0 Å². The summed E-state index contributed by atoms with van der Waals surface area (Å²) in [5, 5.41) is 20.1. The lowest BCUT2D eigenvalue weighted by atomic mass is 9.46. The average molecular weight is 318 g/mol. The Morgan fingerprint density at radius 2 is 2.13 bits per heavy atom. The van der Waals surface area contributed by atoms with Gasteiger partial charge in [0.05, 0.1) is 25.7 Å². The number of allylic oxidation sites excluding steroid dienone is 1. The molecule has 0 aromatic carbocycles. The van der Waals surface area contributed by atoms with E-state index in [2.05, 4.69) is 26.0 Å². The van der Waals surface area contributed by atoms with Crippen LogP contribution >= 0.6 is 0 Å². The van der Waals surface area contributed by atoms with E-state index in [4.69, 9.17) is 4.42 Å². The van der Waals surface area contributed by atoms with E-state index in [0.29, 0.717) is 11.8 Å². The van der Waals surface area contributed by atoms with Crippen molar-refractivity contribution in [1.82, 2.24) is 0 Å². The zero-order chi connectivity index (χ0) is 16.5. The summed E-state index contributed by atoms with van der Waals surface area (Å²) in [4.78, 5) is 0. The van der Waals surface area contributed by atoms with Crippen LogP contribution in [0, 0.1) is 22.7 Å². The molecule has 0 spiro atoms. The first kappa shape index (κ1) is 16.8. The average Bonchev–Trinajstić information content (AvgIpc) is 3.09. The van der Waals surface area contributed by atoms with Crippen molar-refractivity contribution >= 4 is 0 Å². The van der Waals surface area contributed by atoms with Crippen LogP contribution in [0.5, 0.6) is 0 Å². The first-order valence-corrected chi connectivity index (χ1v) is 8.99. The minimum atomic E-state index is -0.204. The van der Waals surface area contributed by atoms with Crippen molar-refractivity contribution < 1.29 is 14.6 Å². The van der Waals surface area contributed by atoms with Gasteiger partial charge in [-0.1, -0.05) is 19.9 Å². The SMILES string of the molecule is C[C@H]1CC[C@]2(CO)C(CO)=CCC[C@H]2[C@]1(C)CCc1ccoc1. The van der Waals surface area contributed by atoms with Gasteiger partial charge in [-0.05, 0) is 73.0 Å². The molecule has 0 saturated heterocycles. The van der Waals surface area contributed by atoms with E-state index >= 15 is 0 Å². The van der Waals surface area contributed by atoms with Crippen LogP contribution in [0.15, 0.2) is 34.7 Å². The number of fused-ring (bicyclic) bond motifs is 1. The lowest BCUT2D eigenvalue weighted by Gasteiger charge is -2.58. The molecule has 3 heteroatoms. The summed E-state index contributed by atoms with van der Waals surface area (Å²) in [6, 6.07) is 2.05. The maximum atomic E-state index is 10.3. The van der Waals surface area contributed by atoms with Crippen molar-refractivity contribution in [2.24, 2.45) is 22.7 Å². The summed E-state index contributed by atoms with van der Waals surface area (Å²) in [7, 11) is 0. The largest absolute Gasteiger partial charge is 0.472 e. The van der Waals surface area contributed by atoms with E-state index in [9.17, 15) is 10.2 Å². The summed E-state index contributed by atoms with van der Waals surface area (Å²) in [6.07, 6.45) is 12.2. The first-order valence-electron chi connectivity index (χ1n) is 8.99. The fourth-order valence-electron chi connectivity index (χ4n) is 5.35. The molecule has 2 aliphatic rings. The summed E-state index contributed by atoms with van der Waals surface area (Å²) in [5.41, 5.74) is 2.32. The van der Waals surface area contributed by atoms with Crippen LogP contribution < -0.4 is 0 Å². The molecule has 23 heavy (non-hydrogen) atoms. The van der Waals surface area contributed by atoms with Crippen LogP contribution in [0.3, 0.4) is 0 Å². The highest BCUT2D eigenvalue weighted by Crippen LogP contribution is 2.61. The molecule has 0 unspecified atom stereocenters. The fraction of sp³-hybridized carbons (Fsp3) is 0.700. The molecule has 3 nitrogen and oxygen atoms in total. The van der Waals surface area contributed by atoms with Crippen molar-refractivity contribution in [2.45, 2.75) is 52.4 Å². The molecule has 1 fully saturated rings. The maximum Gasteiger partial charge on any atom is 0.0934 e. The van der Waals surface area contributed by atoms with Gasteiger partial charge in [-0.25, -0.2) is 0 Å². The summed E-state index contributed by atoms with van der Waals surface area (Å²) >= 11 is 0. The Balaban J connectivity index is 1.90. The smallest absolute Gasteiger partial charge is 0.0934 e. The van der Waals surface area contributed by atoms with Crippen molar-refractivity contribution in [3.05, 3.63) is 35.8 Å². The summed E-state index contributed by atoms with van der Waals surface area (Å²) < 4.78 is 5.21. The van der Waals surface area contributed by atoms with Crippen LogP contribution in [-0.2, 0) is 6.42 Å². The van der Waals surface area contributed by atoms with E-state index in [1.54, 1.807) is 6.26 Å². The molecule has 0 radical (unpaired) electrons. The molecule has 1 aromatic rings. The molecule has 1 heterocycles. The third-order valence-corrected chi connectivity index (χ3v) is 7.08. The molecular weight excluding hydrogens is 288 g/mol. The van der Waals surface area contributed by atoms with Gasteiger partial charge in [-0.15, -0.1) is 0 Å². The number of aryl methyl sites for hydroxylation is 1. The van der Waals surface area contributed by atoms with Crippen molar-refractivity contribution in [2.75, 3.05) is 13.2 Å². The van der Waals surface area contributed by atoms with Crippen molar-refractivity contribution in [3.8, 4) is 0 Å². The zero-order valence-electron chi connectivity index (χ0n) is 14.4. The predicted octanol–water partition coefficient (Wildman–Crippen LogP) is 3.96. The van der Waals surface area contributed by atoms with Crippen LogP contribution in [-0.4, -0.2) is 23.4 Å². The fourth-order valence-corrected chi connectivity index (χ4v) is 5.35. The Morgan fingerprint density at radius 3 is 2.78 bits per heavy atom. The minimum Gasteiger partial charge on any atom is -0.472 e. The molecule has 128 valence electrons. The zero-order valence-corrected chi connectivity index (χ0v) is 14.4. The van der Waals surface area contributed by atoms with E-state index in [-0.39, 0.29) is 24.0 Å². The van der Waals surface area contributed by atoms with Crippen molar-refractivity contribution in [3.63, 3.8) is 0 Å². The second kappa shape index (κ2) is 6.45. The molecule has 0 aliphatic heterocycles. The topological polar surface area (TPSA) is 53.6 Å². The van der Waals surface area contributed by atoms with Gasteiger partial charge in [0.25, 0.3) is 0 Å². The molecule has 3 rings (SSSR count). The Morgan fingerprint density at radius 1 is 1.30 bits per heavy atom. The van der Waals surface area contributed by atoms with Gasteiger partial charge in [-0.3, -0.25) is 0 Å². The third kappa shape index (κ3) is 2.68. The number of rotatable bonds is 5. The van der Waals surface area contributed by atoms with Gasteiger partial charge in [0.15, 0.2) is 0 Å². The monoisotopic (exact) mass is 318 g/mol. The number of aliphatic hydroxyl groups is 2. The molecule has 2 N–H and O–H groups in total. The second-order valence-electron chi connectivity index (χ2n) is 7.91. The van der Waals surface area contributed by atoms with Crippen LogP contribution in [0.4, 0.5) is 0 Å². The van der Waals surface area contributed by atoms with Crippen molar-refractivity contribution in [1.29, 1.82) is 0 Å². The van der Waals surface area contributed by atoms with Crippen LogP contribution in [0.25, 0.3) is 0 Å². The minimum absolute atomic E-state index is 0.0866. The Hall–Kier alpha value is -1.06. The van der Waals surface area contributed by atoms with E-state index in [1.807, 2.05) is 6.26 Å². The Labute approximate surface area is 139 Å². The lowest BCUT2D eigenvalue weighted by molar-refractivity contribution is -0.0826.